The molecule has 0 aliphatic heterocycles. The first-order valence-electron chi connectivity index (χ1n) is 5.42. The Morgan fingerprint density at radius 1 is 1.06 bits per heavy atom. The van der Waals surface area contributed by atoms with Crippen LogP contribution in [0.5, 0.6) is 0 Å². The molecular weight excluding hydrogens is 212 g/mol. The Kier molecular flexibility index (Phi) is 3.46. The van der Waals surface area contributed by atoms with Gasteiger partial charge in [-0.3, -0.25) is 9.59 Å². The van der Waals surface area contributed by atoms with Crippen LogP contribution in [0.1, 0.15) is 5.56 Å². The van der Waals surface area contributed by atoms with Crippen LogP contribution >= 0.6 is 0 Å². The lowest BCUT2D eigenvalue weighted by Gasteiger charge is -2.07. The first kappa shape index (κ1) is 11.3. The standard InChI is InChI=1S/C15H12O2/c16-11-15(17)14(13-8-4-5-9-13)10-12-6-2-1-3-7-12/h1-11,13H. The Morgan fingerprint density at radius 2 is 1.71 bits per heavy atom. The summed E-state index contributed by atoms with van der Waals surface area (Å²) >= 11 is 0. The highest BCUT2D eigenvalue weighted by Gasteiger charge is 2.17. The molecule has 84 valence electrons. The average Bonchev–Trinajstić information content (AvgIpc) is 2.90. The maximum atomic E-state index is 11.6. The van der Waals surface area contributed by atoms with Crippen molar-refractivity contribution in [2.24, 2.45) is 5.92 Å². The molecule has 0 radical (unpaired) electrons. The van der Waals surface area contributed by atoms with Crippen LogP contribution in [0.4, 0.5) is 0 Å². The zero-order valence-electron chi connectivity index (χ0n) is 9.24. The predicted molar refractivity (Wildman–Crippen MR) is 67.3 cm³/mol. The molecule has 0 N–H and O–H groups in total. The quantitative estimate of drug-likeness (QED) is 0.447. The van der Waals surface area contributed by atoms with E-state index in [1.807, 2.05) is 54.6 Å². The molecule has 0 heterocycles. The number of aldehydes is 1. The lowest BCUT2D eigenvalue weighted by Crippen LogP contribution is -2.10. The molecule has 0 fully saturated rings. The summed E-state index contributed by atoms with van der Waals surface area (Å²) in [5.74, 6) is -0.553. The number of rotatable bonds is 4. The molecule has 17 heavy (non-hydrogen) atoms. The normalized spacial score (nSPS) is 15.2. The topological polar surface area (TPSA) is 34.1 Å². The maximum Gasteiger partial charge on any atom is 0.222 e. The molecule has 0 aromatic heterocycles. The van der Waals surface area contributed by atoms with E-state index in [9.17, 15) is 9.59 Å². The predicted octanol–water partition coefficient (Wildman–Crippen LogP) is 2.58. The Hall–Kier alpha value is -2.22. The summed E-state index contributed by atoms with van der Waals surface area (Å²) in [5, 5.41) is 0. The highest BCUT2D eigenvalue weighted by atomic mass is 16.2. The second-order valence-electron chi connectivity index (χ2n) is 3.79. The van der Waals surface area contributed by atoms with Crippen molar-refractivity contribution in [2.45, 2.75) is 0 Å². The number of hydrogen-bond donors (Lipinski definition) is 0. The van der Waals surface area contributed by atoms with E-state index in [0.717, 1.165) is 5.56 Å². The smallest absolute Gasteiger partial charge is 0.222 e. The molecule has 1 aromatic rings. The molecule has 1 aromatic carbocycles. The van der Waals surface area contributed by atoms with Gasteiger partial charge in [0.2, 0.25) is 5.78 Å². The fraction of sp³-hybridized carbons (Fsp3) is 0.0667. The van der Waals surface area contributed by atoms with Crippen LogP contribution in [0.2, 0.25) is 0 Å². The lowest BCUT2D eigenvalue weighted by atomic mass is 9.95. The van der Waals surface area contributed by atoms with Crippen LogP contribution in [0.25, 0.3) is 6.08 Å². The summed E-state index contributed by atoms with van der Waals surface area (Å²) in [4.78, 5) is 22.3. The number of Topliss-reactive ketones (excluding diaryl/α,β-unsaturated/α-hetero) is 1. The summed E-state index contributed by atoms with van der Waals surface area (Å²) in [5.41, 5.74) is 1.43. The van der Waals surface area contributed by atoms with Crippen molar-refractivity contribution in [1.29, 1.82) is 0 Å². The van der Waals surface area contributed by atoms with Gasteiger partial charge in [-0.15, -0.1) is 0 Å². The summed E-state index contributed by atoms with van der Waals surface area (Å²) in [6.45, 7) is 0. The number of benzene rings is 1. The van der Waals surface area contributed by atoms with Crippen LogP contribution < -0.4 is 0 Å². The maximum absolute atomic E-state index is 11.6. The van der Waals surface area contributed by atoms with Crippen molar-refractivity contribution in [3.63, 3.8) is 0 Å². The molecule has 0 amide bonds. The van der Waals surface area contributed by atoms with Gasteiger partial charge in [0.05, 0.1) is 0 Å². The van der Waals surface area contributed by atoms with E-state index >= 15 is 0 Å². The molecule has 0 spiro atoms. The molecular formula is C15H12O2. The van der Waals surface area contributed by atoms with Crippen molar-refractivity contribution < 1.29 is 9.59 Å². The number of carbonyl (C=O) groups excluding carboxylic acids is 2. The first-order valence-corrected chi connectivity index (χ1v) is 5.42. The zero-order valence-corrected chi connectivity index (χ0v) is 9.24. The fourth-order valence-corrected chi connectivity index (χ4v) is 1.77. The van der Waals surface area contributed by atoms with Crippen LogP contribution in [0.15, 0.2) is 60.2 Å². The van der Waals surface area contributed by atoms with E-state index in [1.165, 1.54) is 0 Å². The summed E-state index contributed by atoms with van der Waals surface area (Å²) in [6.07, 6.45) is 9.69. The van der Waals surface area contributed by atoms with E-state index in [2.05, 4.69) is 0 Å². The van der Waals surface area contributed by atoms with Crippen molar-refractivity contribution in [2.75, 3.05) is 0 Å². The minimum absolute atomic E-state index is 0.0899. The SMILES string of the molecule is O=CC(=O)C(=Cc1ccccc1)C1C=CC=C1. The third-order valence-electron chi connectivity index (χ3n) is 2.62. The fourth-order valence-electron chi connectivity index (χ4n) is 1.77. The second-order valence-corrected chi connectivity index (χ2v) is 3.79. The average molecular weight is 224 g/mol. The number of hydrogen-bond acceptors (Lipinski definition) is 2. The van der Waals surface area contributed by atoms with Gasteiger partial charge in [-0.2, -0.15) is 0 Å². The van der Waals surface area contributed by atoms with E-state index in [1.54, 1.807) is 6.08 Å². The first-order chi connectivity index (χ1) is 8.31. The van der Waals surface area contributed by atoms with Crippen LogP contribution in [0, 0.1) is 5.92 Å². The van der Waals surface area contributed by atoms with E-state index in [0.29, 0.717) is 11.9 Å². The van der Waals surface area contributed by atoms with Gasteiger partial charge < -0.3 is 0 Å². The molecule has 2 nitrogen and oxygen atoms in total. The minimum Gasteiger partial charge on any atom is -0.294 e. The Morgan fingerprint density at radius 3 is 2.29 bits per heavy atom. The number of allylic oxidation sites excluding steroid dienone is 5. The van der Waals surface area contributed by atoms with E-state index in [4.69, 9.17) is 0 Å². The van der Waals surface area contributed by atoms with Crippen LogP contribution in [0.3, 0.4) is 0 Å². The third kappa shape index (κ3) is 2.67. The number of carbonyl (C=O) groups is 2. The van der Waals surface area contributed by atoms with Gasteiger partial charge in [-0.05, 0) is 11.6 Å². The molecule has 2 heteroatoms. The zero-order chi connectivity index (χ0) is 12.1. The molecule has 2 rings (SSSR count). The molecule has 0 saturated heterocycles. The van der Waals surface area contributed by atoms with E-state index in [-0.39, 0.29) is 5.92 Å². The molecule has 0 saturated carbocycles. The molecule has 0 atom stereocenters. The van der Waals surface area contributed by atoms with Gasteiger partial charge in [-0.1, -0.05) is 54.6 Å². The van der Waals surface area contributed by atoms with Crippen LogP contribution in [-0.2, 0) is 9.59 Å². The molecule has 0 bridgehead atoms. The molecule has 1 aliphatic rings. The Bertz CT molecular complexity index is 495. The number of ketones is 1. The summed E-state index contributed by atoms with van der Waals surface area (Å²) in [7, 11) is 0. The molecule has 1 aliphatic carbocycles. The van der Waals surface area contributed by atoms with Gasteiger partial charge in [0.1, 0.15) is 0 Å². The summed E-state index contributed by atoms with van der Waals surface area (Å²) in [6, 6.07) is 9.51. The Balaban J connectivity index is 2.36. The van der Waals surface area contributed by atoms with Crippen LogP contribution in [-0.4, -0.2) is 12.1 Å². The molecule has 0 unspecified atom stereocenters. The summed E-state index contributed by atoms with van der Waals surface area (Å²) < 4.78 is 0. The van der Waals surface area contributed by atoms with Gasteiger partial charge >= 0.3 is 0 Å². The second kappa shape index (κ2) is 5.21. The van der Waals surface area contributed by atoms with Crippen molar-refractivity contribution in [3.8, 4) is 0 Å². The van der Waals surface area contributed by atoms with Gasteiger partial charge in [0, 0.05) is 11.5 Å². The highest BCUT2D eigenvalue weighted by Crippen LogP contribution is 2.22. The third-order valence-corrected chi connectivity index (χ3v) is 2.62. The monoisotopic (exact) mass is 224 g/mol. The largest absolute Gasteiger partial charge is 0.294 e. The van der Waals surface area contributed by atoms with E-state index < -0.39 is 5.78 Å². The van der Waals surface area contributed by atoms with Gasteiger partial charge in [-0.25, -0.2) is 0 Å². The van der Waals surface area contributed by atoms with Crippen molar-refractivity contribution in [3.05, 3.63) is 65.8 Å². The van der Waals surface area contributed by atoms with Gasteiger partial charge in [0.15, 0.2) is 6.29 Å². The highest BCUT2D eigenvalue weighted by molar-refractivity contribution is 6.34. The van der Waals surface area contributed by atoms with Gasteiger partial charge in [0.25, 0.3) is 0 Å². The van der Waals surface area contributed by atoms with Crippen molar-refractivity contribution in [1.82, 2.24) is 0 Å². The lowest BCUT2D eigenvalue weighted by molar-refractivity contribution is -0.127. The Labute approximate surface area is 100.0 Å². The minimum atomic E-state index is -0.463. The van der Waals surface area contributed by atoms with Crippen molar-refractivity contribution >= 4 is 18.1 Å².